The molecule has 0 fully saturated rings. The second-order valence-electron chi connectivity index (χ2n) is 15.7. The summed E-state index contributed by atoms with van der Waals surface area (Å²) >= 11 is 0. The number of hydrogen-bond acceptors (Lipinski definition) is 15. The first-order chi connectivity index (χ1) is 34.0. The van der Waals surface area contributed by atoms with Gasteiger partial charge in [-0.3, -0.25) is 14.5 Å². The molecule has 2 atom stereocenters. The lowest BCUT2D eigenvalue weighted by atomic mass is 9.95. The first-order valence-corrected chi connectivity index (χ1v) is 21.9. The Morgan fingerprint density at radius 3 is 1.64 bits per heavy atom. The summed E-state index contributed by atoms with van der Waals surface area (Å²) in [6.07, 6.45) is 1.76. The molecule has 2 aromatic heterocycles. The normalized spacial score (nSPS) is 14.5. The maximum Gasteiger partial charge on any atom is 0.415 e. The lowest BCUT2D eigenvalue weighted by Crippen LogP contribution is -2.40. The maximum atomic E-state index is 13.5. The molecule has 0 spiro atoms. The quantitative estimate of drug-likeness (QED) is 0.0890. The van der Waals surface area contributed by atoms with Crippen LogP contribution in [0, 0.1) is 0 Å². The second-order valence-corrected chi connectivity index (χ2v) is 15.7. The minimum atomic E-state index is -0.974. The van der Waals surface area contributed by atoms with Gasteiger partial charge in [0.25, 0.3) is 11.1 Å². The van der Waals surface area contributed by atoms with Crippen LogP contribution in [0.5, 0.6) is 11.5 Å². The number of nitrogens with one attached hydrogen (secondary N) is 3. The summed E-state index contributed by atoms with van der Waals surface area (Å²) in [4.78, 5) is 105. The van der Waals surface area contributed by atoms with Crippen molar-refractivity contribution < 1.29 is 47.7 Å². The van der Waals surface area contributed by atoms with Gasteiger partial charge in [0.1, 0.15) is 18.3 Å². The van der Waals surface area contributed by atoms with Crippen LogP contribution in [-0.4, -0.2) is 64.1 Å². The van der Waals surface area contributed by atoms with Crippen molar-refractivity contribution >= 4 is 41.3 Å². The Hall–Kier alpha value is -9.19. The lowest BCUT2D eigenvalue weighted by Gasteiger charge is -2.35. The zero-order valence-electron chi connectivity index (χ0n) is 37.7. The third kappa shape index (κ3) is 10.7. The summed E-state index contributed by atoms with van der Waals surface area (Å²) in [5, 5.41) is 3.32. The van der Waals surface area contributed by atoms with Crippen LogP contribution in [0.3, 0.4) is 0 Å². The summed E-state index contributed by atoms with van der Waals surface area (Å²) in [5.41, 5.74) is 2.41. The minimum absolute atomic E-state index is 0.0241. The topological polar surface area (TPSA) is 238 Å². The van der Waals surface area contributed by atoms with Crippen LogP contribution in [0.25, 0.3) is 0 Å². The van der Waals surface area contributed by atoms with Crippen molar-refractivity contribution in [1.82, 2.24) is 19.9 Å². The first kappa shape index (κ1) is 47.3. The summed E-state index contributed by atoms with van der Waals surface area (Å²) in [5.74, 6) is -4.25. The number of carbonyl (C=O) groups excluding carboxylic acids is 5. The number of aryl methyl sites for hydroxylation is 2. The van der Waals surface area contributed by atoms with Crippen LogP contribution in [0.1, 0.15) is 95.0 Å². The number of nitrogens with zero attached hydrogens (tertiary/aromatic N) is 3. The van der Waals surface area contributed by atoms with Gasteiger partial charge in [-0.1, -0.05) is 103 Å². The van der Waals surface area contributed by atoms with Crippen LogP contribution in [0.4, 0.5) is 16.2 Å². The fraction of sp³-hybridized carbons (Fsp3) is 0.173. The number of methoxy groups -OCH3 is 2. The SMILES string of the molecule is COC(=O)c1nc(C2CCc3ccccc3N2)[nH]c(=O)c1OC(=O)c1ccccc1.COC(=O)c1nc(C2CCc3ccccc3N2C(=O)OCc2ccccc2)[nH]c(=O)c1OC(=O)c1ccccc1. The monoisotopic (exact) mass is 944 g/mol. The van der Waals surface area contributed by atoms with E-state index in [1.807, 2.05) is 66.7 Å². The van der Waals surface area contributed by atoms with Crippen molar-refractivity contribution in [2.24, 2.45) is 0 Å². The smallest absolute Gasteiger partial charge is 0.415 e. The van der Waals surface area contributed by atoms with Gasteiger partial charge >= 0.3 is 30.0 Å². The molecule has 0 saturated carbocycles. The van der Waals surface area contributed by atoms with Crippen molar-refractivity contribution in [1.29, 1.82) is 0 Å². The van der Waals surface area contributed by atoms with Crippen molar-refractivity contribution in [3.8, 4) is 11.5 Å². The van der Waals surface area contributed by atoms with E-state index in [-0.39, 0.29) is 41.1 Å². The Labute approximate surface area is 399 Å². The van der Waals surface area contributed by atoms with Gasteiger partial charge in [0, 0.05) is 5.69 Å². The van der Waals surface area contributed by atoms with E-state index in [1.165, 1.54) is 24.1 Å². The van der Waals surface area contributed by atoms with E-state index in [2.05, 4.69) is 25.3 Å². The number of amides is 1. The molecule has 70 heavy (non-hydrogen) atoms. The molecule has 2 aliphatic heterocycles. The molecule has 3 N–H and O–H groups in total. The molecule has 0 radical (unpaired) electrons. The third-order valence-corrected chi connectivity index (χ3v) is 11.3. The van der Waals surface area contributed by atoms with Gasteiger partial charge in [0.05, 0.1) is 43.1 Å². The van der Waals surface area contributed by atoms with Gasteiger partial charge in [0.15, 0.2) is 11.4 Å². The zero-order valence-corrected chi connectivity index (χ0v) is 37.7. The van der Waals surface area contributed by atoms with Crippen molar-refractivity contribution in [2.45, 2.75) is 44.4 Å². The summed E-state index contributed by atoms with van der Waals surface area (Å²) in [6.45, 7) is 0.0385. The number of H-pyrrole nitrogens is 2. The predicted molar refractivity (Wildman–Crippen MR) is 253 cm³/mol. The molecule has 1 amide bonds. The fourth-order valence-corrected chi connectivity index (χ4v) is 7.86. The molecule has 18 nitrogen and oxygen atoms in total. The van der Waals surface area contributed by atoms with E-state index >= 15 is 0 Å². The molecule has 4 heterocycles. The molecule has 354 valence electrons. The Morgan fingerprint density at radius 1 is 0.571 bits per heavy atom. The number of hydrogen-bond donors (Lipinski definition) is 3. The Balaban J connectivity index is 0.000000196. The Kier molecular flexibility index (Phi) is 14.6. The largest absolute Gasteiger partial charge is 0.464 e. The molecular formula is C52H44N6O12. The highest BCUT2D eigenvalue weighted by atomic mass is 16.6. The summed E-state index contributed by atoms with van der Waals surface area (Å²) in [7, 11) is 2.29. The summed E-state index contributed by atoms with van der Waals surface area (Å²) < 4.78 is 25.7. The number of benzene rings is 5. The number of para-hydroxylation sites is 2. The number of fused-ring (bicyclic) bond motifs is 2. The van der Waals surface area contributed by atoms with Gasteiger partial charge in [-0.2, -0.15) is 0 Å². The fourth-order valence-electron chi connectivity index (χ4n) is 7.86. The van der Waals surface area contributed by atoms with E-state index in [4.69, 9.17) is 23.7 Å². The minimum Gasteiger partial charge on any atom is -0.464 e. The highest BCUT2D eigenvalue weighted by Crippen LogP contribution is 2.38. The van der Waals surface area contributed by atoms with Gasteiger partial charge in [-0.15, -0.1) is 0 Å². The molecule has 7 aromatic rings. The number of aromatic nitrogens is 4. The van der Waals surface area contributed by atoms with Crippen molar-refractivity contribution in [2.75, 3.05) is 24.4 Å². The Morgan fingerprint density at radius 2 is 1.06 bits per heavy atom. The number of aromatic amines is 2. The zero-order chi connectivity index (χ0) is 49.1. The molecule has 18 heteroatoms. The number of carbonyl (C=O) groups is 5. The van der Waals surface area contributed by atoms with Gasteiger partial charge in [-0.05, 0) is 78.8 Å². The standard InChI is InChI=1S/C30H25N3O7.C22H19N3O5/c1-38-29(36)24-25(40-28(35)21-13-6-3-7-14-21)27(34)32-26(31-24)23-17-16-20-12-8-9-15-22(20)33(23)30(37)39-18-19-10-4-2-5-11-19;1-29-22(28)17-18(30-21(27)14-8-3-2-4-9-14)20(26)25-19(24-17)16-12-11-13-7-5-6-10-15(13)23-16/h2-15,23H,16-18H2,1H3,(H,31,32,34);2-10,16,23H,11-12H2,1H3,(H,24,25,26). The molecule has 9 rings (SSSR count). The van der Waals surface area contributed by atoms with Crippen LogP contribution in [0.2, 0.25) is 0 Å². The lowest BCUT2D eigenvalue weighted by molar-refractivity contribution is 0.0570. The number of anilines is 2. The van der Waals surface area contributed by atoms with Gasteiger partial charge in [-0.25, -0.2) is 33.9 Å². The molecule has 5 aromatic carbocycles. The van der Waals surface area contributed by atoms with E-state index in [0.29, 0.717) is 24.9 Å². The molecule has 0 aliphatic carbocycles. The molecule has 0 bridgehead atoms. The number of ether oxygens (including phenoxy) is 5. The Bertz CT molecular complexity index is 3180. The molecule has 2 unspecified atom stereocenters. The molecular weight excluding hydrogens is 901 g/mol. The van der Waals surface area contributed by atoms with Gasteiger partial charge in [0.2, 0.25) is 11.5 Å². The number of rotatable bonds is 10. The van der Waals surface area contributed by atoms with E-state index < -0.39 is 64.3 Å². The van der Waals surface area contributed by atoms with Crippen LogP contribution in [0.15, 0.2) is 149 Å². The number of esters is 4. The highest BCUT2D eigenvalue weighted by molar-refractivity contribution is 5.96. The molecule has 0 saturated heterocycles. The van der Waals surface area contributed by atoms with Crippen molar-refractivity contribution in [3.63, 3.8) is 0 Å². The maximum absolute atomic E-state index is 13.5. The van der Waals surface area contributed by atoms with E-state index in [1.54, 1.807) is 60.7 Å². The third-order valence-electron chi connectivity index (χ3n) is 11.3. The molecule has 2 aliphatic rings. The van der Waals surface area contributed by atoms with E-state index in [9.17, 15) is 33.6 Å². The second kappa shape index (κ2) is 21.6. The highest BCUT2D eigenvalue weighted by Gasteiger charge is 2.37. The van der Waals surface area contributed by atoms with Gasteiger partial charge < -0.3 is 39.0 Å². The van der Waals surface area contributed by atoms with E-state index in [0.717, 1.165) is 35.9 Å². The average Bonchev–Trinajstić information content (AvgIpc) is 3.41. The van der Waals surface area contributed by atoms with Crippen LogP contribution >= 0.6 is 0 Å². The van der Waals surface area contributed by atoms with Crippen LogP contribution in [-0.2, 0) is 33.7 Å². The summed E-state index contributed by atoms with van der Waals surface area (Å²) in [6, 6.07) is 39.5. The average molecular weight is 945 g/mol. The first-order valence-electron chi connectivity index (χ1n) is 21.9. The van der Waals surface area contributed by atoms with Crippen LogP contribution < -0.4 is 30.8 Å². The predicted octanol–water partition coefficient (Wildman–Crippen LogP) is 7.48. The van der Waals surface area contributed by atoms with Crippen molar-refractivity contribution in [3.05, 3.63) is 211 Å².